The molecule has 0 amide bonds. The van der Waals surface area contributed by atoms with Gasteiger partial charge in [-0.15, -0.1) is 0 Å². The highest BCUT2D eigenvalue weighted by atomic mass is 35.5. The van der Waals surface area contributed by atoms with E-state index in [0.717, 1.165) is 5.56 Å². The Hall–Kier alpha value is -2.08. The minimum atomic E-state index is -0.138. The van der Waals surface area contributed by atoms with E-state index in [-0.39, 0.29) is 5.78 Å². The van der Waals surface area contributed by atoms with Gasteiger partial charge in [-0.3, -0.25) is 4.79 Å². The van der Waals surface area contributed by atoms with E-state index in [4.69, 9.17) is 28.5 Å². The quantitative estimate of drug-likeness (QED) is 0.606. The number of halogens is 2. The highest BCUT2D eigenvalue weighted by molar-refractivity contribution is 6.42. The Balaban J connectivity index is 2.15. The first kappa shape index (κ1) is 14.3. The summed E-state index contributed by atoms with van der Waals surface area (Å²) in [5.74, 6) is -0.138. The van der Waals surface area contributed by atoms with Crippen molar-refractivity contribution in [2.24, 2.45) is 0 Å². The van der Waals surface area contributed by atoms with Crippen LogP contribution in [0.3, 0.4) is 0 Å². The van der Waals surface area contributed by atoms with Gasteiger partial charge in [0.15, 0.2) is 5.78 Å². The zero-order valence-corrected chi connectivity index (χ0v) is 11.8. The van der Waals surface area contributed by atoms with E-state index < -0.39 is 0 Å². The van der Waals surface area contributed by atoms with Crippen molar-refractivity contribution in [1.29, 1.82) is 5.26 Å². The van der Waals surface area contributed by atoms with Gasteiger partial charge in [0.05, 0.1) is 21.7 Å². The Morgan fingerprint density at radius 1 is 1.05 bits per heavy atom. The molecule has 0 heterocycles. The number of benzene rings is 2. The smallest absolute Gasteiger partial charge is 0.185 e. The third kappa shape index (κ3) is 3.48. The lowest BCUT2D eigenvalue weighted by Gasteiger charge is -1.98. The number of hydrogen-bond acceptors (Lipinski definition) is 2. The van der Waals surface area contributed by atoms with E-state index in [1.54, 1.807) is 48.5 Å². The van der Waals surface area contributed by atoms with Gasteiger partial charge in [0, 0.05) is 5.56 Å². The Bertz CT molecular complexity index is 712. The third-order valence-corrected chi connectivity index (χ3v) is 3.41. The van der Waals surface area contributed by atoms with Crippen LogP contribution in [-0.4, -0.2) is 5.78 Å². The number of carbonyl (C=O) groups is 1. The second kappa shape index (κ2) is 6.38. The van der Waals surface area contributed by atoms with Crippen LogP contribution in [0.5, 0.6) is 0 Å². The molecule has 2 aromatic rings. The second-order valence-corrected chi connectivity index (χ2v) is 4.87. The number of nitriles is 1. The predicted molar refractivity (Wildman–Crippen MR) is 81.0 cm³/mol. The lowest BCUT2D eigenvalue weighted by Crippen LogP contribution is -1.93. The van der Waals surface area contributed by atoms with E-state index in [0.29, 0.717) is 21.2 Å². The Kier molecular flexibility index (Phi) is 4.57. The average Bonchev–Trinajstić information content (AvgIpc) is 2.48. The Morgan fingerprint density at radius 3 is 2.35 bits per heavy atom. The molecule has 98 valence electrons. The van der Waals surface area contributed by atoms with E-state index in [2.05, 4.69) is 0 Å². The summed E-state index contributed by atoms with van der Waals surface area (Å²) >= 11 is 11.7. The van der Waals surface area contributed by atoms with E-state index in [9.17, 15) is 4.79 Å². The van der Waals surface area contributed by atoms with Crippen molar-refractivity contribution >= 4 is 35.1 Å². The van der Waals surface area contributed by atoms with Crippen molar-refractivity contribution in [3.8, 4) is 6.07 Å². The third-order valence-electron chi connectivity index (χ3n) is 2.67. The molecule has 0 unspecified atom stereocenters. The van der Waals surface area contributed by atoms with Crippen molar-refractivity contribution in [1.82, 2.24) is 0 Å². The van der Waals surface area contributed by atoms with Crippen LogP contribution in [0.2, 0.25) is 10.0 Å². The first-order valence-corrected chi connectivity index (χ1v) is 6.53. The number of hydrogen-bond donors (Lipinski definition) is 0. The summed E-state index contributed by atoms with van der Waals surface area (Å²) in [5, 5.41) is 9.61. The summed E-state index contributed by atoms with van der Waals surface area (Å²) in [6, 6.07) is 13.6. The summed E-state index contributed by atoms with van der Waals surface area (Å²) in [4.78, 5) is 11.9. The normalized spacial score (nSPS) is 10.4. The molecule has 0 aliphatic rings. The number of allylic oxidation sites excluding steroid dienone is 1. The molecule has 0 fully saturated rings. The van der Waals surface area contributed by atoms with E-state index >= 15 is 0 Å². The maximum atomic E-state index is 11.9. The van der Waals surface area contributed by atoms with Crippen LogP contribution in [0.1, 0.15) is 21.5 Å². The van der Waals surface area contributed by atoms with Gasteiger partial charge in [0.25, 0.3) is 0 Å². The Labute approximate surface area is 126 Å². The lowest BCUT2D eigenvalue weighted by atomic mass is 10.1. The molecule has 4 heteroatoms. The fraction of sp³-hybridized carbons (Fsp3) is 0. The van der Waals surface area contributed by atoms with Gasteiger partial charge in [-0.25, -0.2) is 0 Å². The van der Waals surface area contributed by atoms with Crippen molar-refractivity contribution in [2.45, 2.75) is 0 Å². The van der Waals surface area contributed by atoms with Gasteiger partial charge in [-0.1, -0.05) is 35.3 Å². The highest BCUT2D eigenvalue weighted by Gasteiger charge is 2.02. The van der Waals surface area contributed by atoms with Crippen molar-refractivity contribution in [3.05, 3.63) is 75.3 Å². The van der Waals surface area contributed by atoms with Crippen LogP contribution in [-0.2, 0) is 0 Å². The minimum Gasteiger partial charge on any atom is -0.289 e. The first-order valence-electron chi connectivity index (χ1n) is 5.78. The Morgan fingerprint density at radius 2 is 1.75 bits per heavy atom. The molecular formula is C16H9Cl2NO. The summed E-state index contributed by atoms with van der Waals surface area (Å²) < 4.78 is 0. The molecule has 0 saturated carbocycles. The summed E-state index contributed by atoms with van der Waals surface area (Å²) in [7, 11) is 0. The molecule has 0 N–H and O–H groups in total. The monoisotopic (exact) mass is 301 g/mol. The van der Waals surface area contributed by atoms with Crippen LogP contribution in [0.4, 0.5) is 0 Å². The van der Waals surface area contributed by atoms with Crippen LogP contribution in [0.15, 0.2) is 48.5 Å². The SMILES string of the molecule is N#Cc1ccc(C(=O)/C=C/c2ccc(Cl)c(Cl)c2)cc1. The van der Waals surface area contributed by atoms with E-state index in [1.165, 1.54) is 6.08 Å². The van der Waals surface area contributed by atoms with Gasteiger partial charge in [0.2, 0.25) is 0 Å². The van der Waals surface area contributed by atoms with Crippen LogP contribution in [0, 0.1) is 11.3 Å². The largest absolute Gasteiger partial charge is 0.289 e. The fourth-order valence-corrected chi connectivity index (χ4v) is 1.90. The van der Waals surface area contributed by atoms with Gasteiger partial charge in [0.1, 0.15) is 0 Å². The minimum absolute atomic E-state index is 0.138. The molecule has 0 aliphatic heterocycles. The molecule has 0 bridgehead atoms. The molecule has 2 aromatic carbocycles. The van der Waals surface area contributed by atoms with Gasteiger partial charge >= 0.3 is 0 Å². The maximum absolute atomic E-state index is 11.9. The fourth-order valence-electron chi connectivity index (χ4n) is 1.59. The average molecular weight is 302 g/mol. The molecular weight excluding hydrogens is 293 g/mol. The molecule has 2 rings (SSSR count). The van der Waals surface area contributed by atoms with Gasteiger partial charge < -0.3 is 0 Å². The summed E-state index contributed by atoms with van der Waals surface area (Å²) in [6.45, 7) is 0. The summed E-state index contributed by atoms with van der Waals surface area (Å²) in [5.41, 5.74) is 1.84. The van der Waals surface area contributed by atoms with Crippen LogP contribution >= 0.6 is 23.2 Å². The molecule has 2 nitrogen and oxygen atoms in total. The molecule has 0 aliphatic carbocycles. The van der Waals surface area contributed by atoms with Gasteiger partial charge in [-0.2, -0.15) is 5.26 Å². The number of ketones is 1. The number of carbonyl (C=O) groups excluding carboxylic acids is 1. The predicted octanol–water partition coefficient (Wildman–Crippen LogP) is 4.76. The zero-order chi connectivity index (χ0) is 14.5. The number of nitrogens with zero attached hydrogens (tertiary/aromatic N) is 1. The molecule has 0 spiro atoms. The lowest BCUT2D eigenvalue weighted by molar-refractivity contribution is 0.104. The molecule has 0 radical (unpaired) electrons. The van der Waals surface area contributed by atoms with Crippen molar-refractivity contribution in [3.63, 3.8) is 0 Å². The maximum Gasteiger partial charge on any atom is 0.185 e. The molecule has 0 aromatic heterocycles. The molecule has 20 heavy (non-hydrogen) atoms. The zero-order valence-electron chi connectivity index (χ0n) is 10.3. The highest BCUT2D eigenvalue weighted by Crippen LogP contribution is 2.23. The van der Waals surface area contributed by atoms with Crippen LogP contribution < -0.4 is 0 Å². The van der Waals surface area contributed by atoms with Crippen molar-refractivity contribution < 1.29 is 4.79 Å². The standard InChI is InChI=1S/C16H9Cl2NO/c17-14-7-3-11(9-15(14)18)4-8-16(20)13-5-1-12(10-19)2-6-13/h1-9H/b8-4+. The molecule has 0 atom stereocenters. The molecule has 0 saturated heterocycles. The van der Waals surface area contributed by atoms with Crippen LogP contribution in [0.25, 0.3) is 6.08 Å². The van der Waals surface area contributed by atoms with Gasteiger partial charge in [-0.05, 0) is 48.0 Å². The number of rotatable bonds is 3. The first-order chi connectivity index (χ1) is 9.60. The van der Waals surface area contributed by atoms with Crippen molar-refractivity contribution in [2.75, 3.05) is 0 Å². The second-order valence-electron chi connectivity index (χ2n) is 4.06. The topological polar surface area (TPSA) is 40.9 Å². The summed E-state index contributed by atoms with van der Waals surface area (Å²) in [6.07, 6.45) is 3.13. The van der Waals surface area contributed by atoms with E-state index in [1.807, 2.05) is 6.07 Å².